The summed E-state index contributed by atoms with van der Waals surface area (Å²) in [7, 11) is 0. The molecule has 0 bridgehead atoms. The maximum absolute atomic E-state index is 9.12. The molecular formula is C11H14BrNO. The zero-order valence-electron chi connectivity index (χ0n) is 7.99. The summed E-state index contributed by atoms with van der Waals surface area (Å²) in [4.78, 5) is 2.27. The lowest BCUT2D eigenvalue weighted by Crippen LogP contribution is -2.51. The van der Waals surface area contributed by atoms with Crippen LogP contribution in [-0.4, -0.2) is 35.7 Å². The van der Waals surface area contributed by atoms with Crippen molar-refractivity contribution in [3.05, 3.63) is 34.3 Å². The van der Waals surface area contributed by atoms with Crippen LogP contribution in [0.5, 0.6) is 0 Å². The molecule has 1 N–H and O–H groups in total. The summed E-state index contributed by atoms with van der Waals surface area (Å²) in [5.41, 5.74) is 1.34. The Kier molecular flexibility index (Phi) is 3.21. The van der Waals surface area contributed by atoms with Crippen molar-refractivity contribution in [1.29, 1.82) is 0 Å². The molecule has 0 amide bonds. The number of halogens is 1. The van der Waals surface area contributed by atoms with Crippen molar-refractivity contribution in [2.75, 3.05) is 19.6 Å². The number of β-amino-alcohol motifs (C(OH)–C–C–N with tert-alkyl or cyclic N) is 1. The van der Waals surface area contributed by atoms with E-state index in [0.717, 1.165) is 26.1 Å². The minimum atomic E-state index is -0.0887. The molecule has 1 aromatic carbocycles. The predicted molar refractivity (Wildman–Crippen MR) is 60.3 cm³/mol. The molecule has 0 saturated carbocycles. The zero-order valence-corrected chi connectivity index (χ0v) is 9.57. The summed E-state index contributed by atoms with van der Waals surface area (Å²) in [6.45, 7) is 2.72. The molecule has 2 nitrogen and oxygen atoms in total. The van der Waals surface area contributed by atoms with Crippen LogP contribution in [0.1, 0.15) is 5.56 Å². The fourth-order valence-corrected chi connectivity index (χ4v) is 2.19. The number of aliphatic hydroxyl groups is 1. The Morgan fingerprint density at radius 2 is 2.07 bits per heavy atom. The molecule has 1 aliphatic heterocycles. The largest absolute Gasteiger partial charge is 0.390 e. The number of hydrogen-bond acceptors (Lipinski definition) is 2. The average molecular weight is 256 g/mol. The molecule has 76 valence electrons. The van der Waals surface area contributed by atoms with Crippen LogP contribution in [0.25, 0.3) is 0 Å². The van der Waals surface area contributed by atoms with E-state index >= 15 is 0 Å². The van der Waals surface area contributed by atoms with Gasteiger partial charge in [-0.2, -0.15) is 0 Å². The van der Waals surface area contributed by atoms with Crippen molar-refractivity contribution in [2.45, 2.75) is 12.5 Å². The summed E-state index contributed by atoms with van der Waals surface area (Å²) in [6.07, 6.45) is 0.961. The van der Waals surface area contributed by atoms with E-state index < -0.39 is 0 Å². The Balaban J connectivity index is 1.83. The highest BCUT2D eigenvalue weighted by atomic mass is 79.9. The summed E-state index contributed by atoms with van der Waals surface area (Å²) in [5.74, 6) is 0. The predicted octanol–water partition coefficient (Wildman–Crippen LogP) is 1.67. The lowest BCUT2D eigenvalue weighted by molar-refractivity contribution is 0.00308. The number of rotatable bonds is 3. The van der Waals surface area contributed by atoms with Gasteiger partial charge in [0.2, 0.25) is 0 Å². The van der Waals surface area contributed by atoms with Crippen LogP contribution in [0, 0.1) is 0 Å². The van der Waals surface area contributed by atoms with Crippen molar-refractivity contribution < 1.29 is 5.11 Å². The van der Waals surface area contributed by atoms with Gasteiger partial charge in [0.1, 0.15) is 0 Å². The van der Waals surface area contributed by atoms with Crippen LogP contribution in [-0.2, 0) is 6.42 Å². The molecular weight excluding hydrogens is 242 g/mol. The molecule has 0 atom stereocenters. The second-order valence-corrected chi connectivity index (χ2v) is 4.61. The third-order valence-electron chi connectivity index (χ3n) is 2.59. The van der Waals surface area contributed by atoms with Crippen LogP contribution in [0.3, 0.4) is 0 Å². The minimum Gasteiger partial charge on any atom is -0.390 e. The van der Waals surface area contributed by atoms with Crippen LogP contribution >= 0.6 is 15.9 Å². The molecule has 0 aliphatic carbocycles. The van der Waals surface area contributed by atoms with E-state index in [4.69, 9.17) is 5.11 Å². The highest BCUT2D eigenvalue weighted by Crippen LogP contribution is 2.17. The molecule has 0 aromatic heterocycles. The molecule has 1 saturated heterocycles. The lowest BCUT2D eigenvalue weighted by Gasteiger charge is -2.35. The molecule has 3 heteroatoms. The monoisotopic (exact) mass is 255 g/mol. The summed E-state index contributed by atoms with van der Waals surface area (Å²) in [6, 6.07) is 8.30. The van der Waals surface area contributed by atoms with Crippen molar-refractivity contribution in [1.82, 2.24) is 4.90 Å². The zero-order chi connectivity index (χ0) is 9.97. The van der Waals surface area contributed by atoms with Gasteiger partial charge in [-0.3, -0.25) is 4.90 Å². The van der Waals surface area contributed by atoms with Gasteiger partial charge in [-0.1, -0.05) is 34.1 Å². The first-order valence-corrected chi connectivity index (χ1v) is 5.69. The van der Waals surface area contributed by atoms with E-state index in [9.17, 15) is 0 Å². The van der Waals surface area contributed by atoms with Crippen molar-refractivity contribution in [3.8, 4) is 0 Å². The van der Waals surface area contributed by atoms with E-state index in [1.165, 1.54) is 10.0 Å². The maximum atomic E-state index is 9.12. The lowest BCUT2D eigenvalue weighted by atomic mass is 10.1. The van der Waals surface area contributed by atoms with Crippen LogP contribution in [0.2, 0.25) is 0 Å². The molecule has 1 aliphatic rings. The third-order valence-corrected chi connectivity index (χ3v) is 3.37. The summed E-state index contributed by atoms with van der Waals surface area (Å²) >= 11 is 3.53. The molecule has 0 radical (unpaired) electrons. The van der Waals surface area contributed by atoms with E-state index in [-0.39, 0.29) is 6.10 Å². The molecule has 1 heterocycles. The van der Waals surface area contributed by atoms with Crippen molar-refractivity contribution in [2.24, 2.45) is 0 Å². The van der Waals surface area contributed by atoms with E-state index in [0.29, 0.717) is 0 Å². The second kappa shape index (κ2) is 4.43. The first-order chi connectivity index (χ1) is 6.75. The average Bonchev–Trinajstić information content (AvgIpc) is 2.13. The van der Waals surface area contributed by atoms with Gasteiger partial charge in [-0.15, -0.1) is 0 Å². The maximum Gasteiger partial charge on any atom is 0.0793 e. The Morgan fingerprint density at radius 3 is 2.71 bits per heavy atom. The third kappa shape index (κ3) is 2.35. The van der Waals surface area contributed by atoms with Gasteiger partial charge < -0.3 is 5.11 Å². The van der Waals surface area contributed by atoms with Gasteiger partial charge >= 0.3 is 0 Å². The number of hydrogen-bond donors (Lipinski definition) is 1. The second-order valence-electron chi connectivity index (χ2n) is 3.75. The van der Waals surface area contributed by atoms with Gasteiger partial charge in [-0.25, -0.2) is 0 Å². The first-order valence-electron chi connectivity index (χ1n) is 4.89. The van der Waals surface area contributed by atoms with Crippen LogP contribution in [0.15, 0.2) is 28.7 Å². The molecule has 14 heavy (non-hydrogen) atoms. The highest BCUT2D eigenvalue weighted by molar-refractivity contribution is 9.10. The van der Waals surface area contributed by atoms with Gasteiger partial charge in [0.15, 0.2) is 0 Å². The van der Waals surface area contributed by atoms with Gasteiger partial charge in [0.05, 0.1) is 6.10 Å². The Morgan fingerprint density at radius 1 is 1.36 bits per heavy atom. The van der Waals surface area contributed by atoms with Crippen LogP contribution in [0.4, 0.5) is 0 Å². The number of aliphatic hydroxyl groups excluding tert-OH is 1. The van der Waals surface area contributed by atoms with E-state index in [2.05, 4.69) is 39.0 Å². The van der Waals surface area contributed by atoms with Crippen LogP contribution < -0.4 is 0 Å². The highest BCUT2D eigenvalue weighted by Gasteiger charge is 2.23. The van der Waals surface area contributed by atoms with Gasteiger partial charge in [-0.05, 0) is 18.1 Å². The standard InChI is InChI=1S/C11H14BrNO/c12-11-4-2-1-3-9(11)5-6-13-7-10(14)8-13/h1-4,10,14H,5-8H2. The fourth-order valence-electron chi connectivity index (χ4n) is 1.70. The molecule has 0 unspecified atom stereocenters. The number of likely N-dealkylation sites (tertiary alicyclic amines) is 1. The smallest absolute Gasteiger partial charge is 0.0793 e. The first kappa shape index (κ1) is 10.1. The molecule has 1 aromatic rings. The Labute approximate surface area is 92.7 Å². The quantitative estimate of drug-likeness (QED) is 0.889. The van der Waals surface area contributed by atoms with Crippen molar-refractivity contribution >= 4 is 15.9 Å². The number of nitrogens with zero attached hydrogens (tertiary/aromatic N) is 1. The fraction of sp³-hybridized carbons (Fsp3) is 0.455. The molecule has 0 spiro atoms. The van der Waals surface area contributed by atoms with Gasteiger partial charge in [0.25, 0.3) is 0 Å². The van der Waals surface area contributed by atoms with E-state index in [1.54, 1.807) is 0 Å². The van der Waals surface area contributed by atoms with Gasteiger partial charge in [0, 0.05) is 24.1 Å². The van der Waals surface area contributed by atoms with E-state index in [1.807, 2.05) is 6.07 Å². The minimum absolute atomic E-state index is 0.0887. The number of benzene rings is 1. The summed E-state index contributed by atoms with van der Waals surface area (Å²) in [5, 5.41) is 9.12. The Bertz CT molecular complexity index is 310. The molecule has 1 fully saturated rings. The Hall–Kier alpha value is -0.380. The molecule has 2 rings (SSSR count). The SMILES string of the molecule is OC1CN(CCc2ccccc2Br)C1. The topological polar surface area (TPSA) is 23.5 Å². The summed E-state index contributed by atoms with van der Waals surface area (Å²) < 4.78 is 1.18. The normalized spacial score (nSPS) is 18.1. The van der Waals surface area contributed by atoms with Crippen molar-refractivity contribution in [3.63, 3.8) is 0 Å².